The van der Waals surface area contributed by atoms with E-state index >= 15 is 0 Å². The lowest BCUT2D eigenvalue weighted by Gasteiger charge is -2.31. The van der Waals surface area contributed by atoms with Crippen LogP contribution in [0.1, 0.15) is 67.0 Å². The number of aryl methyl sites for hydroxylation is 2. The normalized spacial score (nSPS) is 17.3. The molecule has 0 atom stereocenters. The predicted octanol–water partition coefficient (Wildman–Crippen LogP) is 3.52. The molecular formula is C22H25FN6O2. The highest BCUT2D eigenvalue weighted by Gasteiger charge is 2.30. The van der Waals surface area contributed by atoms with Crippen molar-refractivity contribution in [3.63, 3.8) is 0 Å². The number of hydrogen-bond donors (Lipinski definition) is 1. The average Bonchev–Trinajstić information content (AvgIpc) is 3.32. The van der Waals surface area contributed by atoms with Gasteiger partial charge in [0.15, 0.2) is 5.82 Å². The molecule has 31 heavy (non-hydrogen) atoms. The average molecular weight is 424 g/mol. The Balaban J connectivity index is 1.12. The van der Waals surface area contributed by atoms with E-state index in [4.69, 9.17) is 4.52 Å². The number of halogens is 1. The van der Waals surface area contributed by atoms with Gasteiger partial charge >= 0.3 is 0 Å². The van der Waals surface area contributed by atoms with Gasteiger partial charge in [0.1, 0.15) is 11.6 Å². The molecule has 2 aromatic heterocycles. The van der Waals surface area contributed by atoms with Gasteiger partial charge in [-0.15, -0.1) is 0 Å². The van der Waals surface area contributed by atoms with E-state index in [2.05, 4.69) is 25.3 Å². The van der Waals surface area contributed by atoms with Crippen LogP contribution >= 0.6 is 0 Å². The van der Waals surface area contributed by atoms with Crippen molar-refractivity contribution >= 4 is 5.91 Å². The summed E-state index contributed by atoms with van der Waals surface area (Å²) in [5.41, 5.74) is 1.22. The van der Waals surface area contributed by atoms with Crippen LogP contribution in [-0.2, 0) is 11.2 Å². The number of benzene rings is 1. The van der Waals surface area contributed by atoms with Crippen molar-refractivity contribution in [2.24, 2.45) is 0 Å². The number of carbonyl (C=O) groups is 1. The van der Waals surface area contributed by atoms with Crippen molar-refractivity contribution in [3.8, 4) is 11.4 Å². The van der Waals surface area contributed by atoms with Crippen molar-refractivity contribution in [1.29, 1.82) is 0 Å². The Morgan fingerprint density at radius 1 is 1.19 bits per heavy atom. The molecule has 2 fully saturated rings. The zero-order chi connectivity index (χ0) is 21.4. The van der Waals surface area contributed by atoms with E-state index in [9.17, 15) is 9.18 Å². The molecule has 0 spiro atoms. The zero-order valence-electron chi connectivity index (χ0n) is 17.5. The van der Waals surface area contributed by atoms with E-state index in [1.54, 1.807) is 19.1 Å². The summed E-state index contributed by atoms with van der Waals surface area (Å²) in [5.74, 6) is 3.43. The highest BCUT2D eigenvalue weighted by molar-refractivity contribution is 5.76. The van der Waals surface area contributed by atoms with Crippen LogP contribution in [0.25, 0.3) is 11.4 Å². The van der Waals surface area contributed by atoms with Gasteiger partial charge in [0.05, 0.1) is 0 Å². The van der Waals surface area contributed by atoms with E-state index in [0.29, 0.717) is 60.6 Å². The number of H-pyrrole nitrogens is 1. The van der Waals surface area contributed by atoms with Gasteiger partial charge in [0.2, 0.25) is 17.6 Å². The second-order valence-electron chi connectivity index (χ2n) is 8.48. The highest BCUT2D eigenvalue weighted by Crippen LogP contribution is 2.38. The molecule has 1 saturated heterocycles. The molecule has 0 unspecified atom stereocenters. The molecule has 0 radical (unpaired) electrons. The number of nitrogens with zero attached hydrogens (tertiary/aromatic N) is 5. The summed E-state index contributed by atoms with van der Waals surface area (Å²) >= 11 is 0. The Labute approximate surface area is 179 Å². The first-order valence-electron chi connectivity index (χ1n) is 10.9. The van der Waals surface area contributed by atoms with E-state index in [1.165, 1.54) is 18.9 Å². The van der Waals surface area contributed by atoms with Gasteiger partial charge < -0.3 is 9.42 Å². The number of carbonyl (C=O) groups excluding carboxylic acids is 1. The van der Waals surface area contributed by atoms with E-state index in [-0.39, 0.29) is 11.7 Å². The molecule has 5 rings (SSSR count). The Morgan fingerprint density at radius 3 is 2.74 bits per heavy atom. The summed E-state index contributed by atoms with van der Waals surface area (Å²) < 4.78 is 18.7. The van der Waals surface area contributed by atoms with Gasteiger partial charge in [-0.3, -0.25) is 9.89 Å². The molecule has 9 heteroatoms. The quantitative estimate of drug-likeness (QED) is 0.650. The number of aromatic nitrogens is 5. The lowest BCUT2D eigenvalue weighted by Crippen LogP contribution is -2.38. The number of amides is 1. The summed E-state index contributed by atoms with van der Waals surface area (Å²) in [7, 11) is 0. The maximum absolute atomic E-state index is 13.4. The minimum Gasteiger partial charge on any atom is -0.343 e. The van der Waals surface area contributed by atoms with E-state index < -0.39 is 0 Å². The third-order valence-electron chi connectivity index (χ3n) is 6.13. The molecule has 1 aliphatic heterocycles. The summed E-state index contributed by atoms with van der Waals surface area (Å²) in [5, 5.41) is 11.4. The van der Waals surface area contributed by atoms with Crippen LogP contribution < -0.4 is 0 Å². The Hall–Kier alpha value is -3.10. The van der Waals surface area contributed by atoms with Crippen molar-refractivity contribution in [2.75, 3.05) is 13.1 Å². The molecule has 3 aromatic rings. The van der Waals surface area contributed by atoms with Gasteiger partial charge in [0, 0.05) is 43.3 Å². The van der Waals surface area contributed by atoms with Gasteiger partial charge in [-0.05, 0) is 56.4 Å². The van der Waals surface area contributed by atoms with E-state index in [0.717, 1.165) is 24.5 Å². The molecule has 3 heterocycles. The molecular weight excluding hydrogens is 399 g/mol. The molecule has 1 aromatic carbocycles. The zero-order valence-corrected chi connectivity index (χ0v) is 17.5. The number of aromatic amines is 1. The van der Waals surface area contributed by atoms with Crippen LogP contribution in [0.15, 0.2) is 22.7 Å². The molecule has 1 amide bonds. The topological polar surface area (TPSA) is 101 Å². The molecule has 0 bridgehead atoms. The number of rotatable bonds is 6. The van der Waals surface area contributed by atoms with Gasteiger partial charge in [0.25, 0.3) is 0 Å². The number of piperidine rings is 1. The van der Waals surface area contributed by atoms with E-state index in [1.807, 2.05) is 4.90 Å². The minimum atomic E-state index is -0.270. The van der Waals surface area contributed by atoms with Crippen molar-refractivity contribution < 1.29 is 13.7 Å². The maximum Gasteiger partial charge on any atom is 0.227 e. The Morgan fingerprint density at radius 2 is 2.00 bits per heavy atom. The van der Waals surface area contributed by atoms with Crippen LogP contribution in [0, 0.1) is 12.7 Å². The summed E-state index contributed by atoms with van der Waals surface area (Å²) in [6.45, 7) is 3.12. The minimum absolute atomic E-state index is 0.0899. The molecule has 162 valence electrons. The lowest BCUT2D eigenvalue weighted by molar-refractivity contribution is -0.132. The first-order valence-corrected chi connectivity index (χ1v) is 10.9. The lowest BCUT2D eigenvalue weighted by atomic mass is 9.96. The maximum atomic E-state index is 13.4. The molecule has 8 nitrogen and oxygen atoms in total. The van der Waals surface area contributed by atoms with Crippen molar-refractivity contribution in [3.05, 3.63) is 47.1 Å². The van der Waals surface area contributed by atoms with Crippen LogP contribution in [0.4, 0.5) is 4.39 Å². The first kappa shape index (κ1) is 19.8. The van der Waals surface area contributed by atoms with Gasteiger partial charge in [-0.25, -0.2) is 9.37 Å². The Kier molecular flexibility index (Phi) is 5.25. The van der Waals surface area contributed by atoms with Crippen molar-refractivity contribution in [2.45, 2.75) is 57.3 Å². The number of hydrogen-bond acceptors (Lipinski definition) is 6. The third kappa shape index (κ3) is 4.35. The highest BCUT2D eigenvalue weighted by atomic mass is 19.1. The van der Waals surface area contributed by atoms with Crippen LogP contribution in [0.2, 0.25) is 0 Å². The number of nitrogens with one attached hydrogen (secondary N) is 1. The largest absolute Gasteiger partial charge is 0.343 e. The van der Waals surface area contributed by atoms with Gasteiger partial charge in [-0.1, -0.05) is 5.16 Å². The SMILES string of the molecule is Cc1cc(-c2noc(CCC(=O)N3CCC(c4nc(C5CC5)n[nH]4)CC3)n2)ccc1F. The standard InChI is InChI=1S/C22H25FN6O2/c1-13-12-16(4-5-17(13)23)22-24-18(31-28-22)6-7-19(30)29-10-8-15(9-11-29)21-25-20(26-27-21)14-2-3-14/h4-5,12,14-15H,2-3,6-11H2,1H3,(H,25,26,27). The summed E-state index contributed by atoms with van der Waals surface area (Å²) in [6.07, 6.45) is 4.87. The first-order chi connectivity index (χ1) is 15.1. The summed E-state index contributed by atoms with van der Waals surface area (Å²) in [4.78, 5) is 23.5. The second kappa shape index (κ2) is 8.20. The van der Waals surface area contributed by atoms with Crippen LogP contribution in [0.3, 0.4) is 0 Å². The fraction of sp³-hybridized carbons (Fsp3) is 0.500. The summed E-state index contributed by atoms with van der Waals surface area (Å²) in [6, 6.07) is 4.69. The van der Waals surface area contributed by atoms with Crippen LogP contribution in [0.5, 0.6) is 0 Å². The van der Waals surface area contributed by atoms with Crippen LogP contribution in [-0.4, -0.2) is 49.2 Å². The third-order valence-corrected chi connectivity index (χ3v) is 6.13. The predicted molar refractivity (Wildman–Crippen MR) is 110 cm³/mol. The molecule has 2 aliphatic rings. The fourth-order valence-electron chi connectivity index (χ4n) is 4.03. The smallest absolute Gasteiger partial charge is 0.227 e. The monoisotopic (exact) mass is 424 g/mol. The molecule has 1 N–H and O–H groups in total. The fourth-order valence-corrected chi connectivity index (χ4v) is 4.03. The number of likely N-dealkylation sites (tertiary alicyclic amines) is 1. The molecule has 1 saturated carbocycles. The molecule has 1 aliphatic carbocycles. The van der Waals surface area contributed by atoms with Crippen molar-refractivity contribution in [1.82, 2.24) is 30.2 Å². The van der Waals surface area contributed by atoms with Gasteiger partial charge in [-0.2, -0.15) is 10.1 Å². The Bertz CT molecular complexity index is 1080. The second-order valence-corrected chi connectivity index (χ2v) is 8.48.